The average Bonchev–Trinajstić information content (AvgIpc) is 2.34. The number of carbonyl (C=O) groups excluding carboxylic acids is 1. The molecule has 2 nitrogen and oxygen atoms in total. The molecule has 0 radical (unpaired) electrons. The van der Waals surface area contributed by atoms with Crippen LogP contribution in [-0.2, 0) is 4.79 Å². The molecule has 19 heavy (non-hydrogen) atoms. The molecule has 0 heterocycles. The molecule has 3 heteroatoms. The molecule has 106 valence electrons. The van der Waals surface area contributed by atoms with Gasteiger partial charge in [-0.05, 0) is 38.5 Å². The Labute approximate surface area is 141 Å². The fourth-order valence-electron chi connectivity index (χ4n) is 1.99. The zero-order valence-electron chi connectivity index (χ0n) is 13.0. The minimum absolute atomic E-state index is 0. The summed E-state index contributed by atoms with van der Waals surface area (Å²) in [4.78, 5) is 10.2. The number of hydrogen-bond donors (Lipinski definition) is 0. The van der Waals surface area contributed by atoms with Crippen LogP contribution in [-0.4, -0.2) is 5.97 Å². The number of rotatable bonds is 13. The number of carbonyl (C=O) groups is 1. The first-order chi connectivity index (χ1) is 8.77. The van der Waals surface area contributed by atoms with Crippen molar-refractivity contribution >= 4 is 5.97 Å². The molecule has 0 aromatic rings. The minimum atomic E-state index is -0.916. The second-order valence-electron chi connectivity index (χ2n) is 5.00. The maximum atomic E-state index is 10.2. The quantitative estimate of drug-likeness (QED) is 0.286. The van der Waals surface area contributed by atoms with Gasteiger partial charge in [-0.25, -0.2) is 0 Å². The number of carboxylic acids is 1. The van der Waals surface area contributed by atoms with Gasteiger partial charge in [0.1, 0.15) is 0 Å². The van der Waals surface area contributed by atoms with Crippen molar-refractivity contribution < 1.29 is 39.5 Å². The van der Waals surface area contributed by atoms with E-state index >= 15 is 0 Å². The first-order valence-corrected chi connectivity index (χ1v) is 7.62. The van der Waals surface area contributed by atoms with Gasteiger partial charge in [-0.3, -0.25) is 0 Å². The minimum Gasteiger partial charge on any atom is -0.550 e. The Balaban J connectivity index is 0. The summed E-state index contributed by atoms with van der Waals surface area (Å²) in [5, 5.41) is 10.2. The van der Waals surface area contributed by atoms with Crippen molar-refractivity contribution in [2.75, 3.05) is 0 Å². The monoisotopic (exact) mass is 276 g/mol. The predicted octanol–water partition coefficient (Wildman–Crippen LogP) is 0.998. The number of allylic oxidation sites excluding steroid dienone is 2. The van der Waals surface area contributed by atoms with Gasteiger partial charge in [-0.15, -0.1) is 0 Å². The van der Waals surface area contributed by atoms with Crippen LogP contribution >= 0.6 is 0 Å². The Kier molecular flexibility index (Phi) is 20.6. The summed E-state index contributed by atoms with van der Waals surface area (Å²) < 4.78 is 0. The van der Waals surface area contributed by atoms with Crippen LogP contribution < -0.4 is 34.7 Å². The molecule has 0 amide bonds. The van der Waals surface area contributed by atoms with Gasteiger partial charge in [-0.2, -0.15) is 0 Å². The molecule has 0 bridgehead atoms. The van der Waals surface area contributed by atoms with Gasteiger partial charge in [0.2, 0.25) is 0 Å². The zero-order valence-corrected chi connectivity index (χ0v) is 15.0. The summed E-state index contributed by atoms with van der Waals surface area (Å²) in [6.07, 6.45) is 18.0. The van der Waals surface area contributed by atoms with Crippen LogP contribution in [0.25, 0.3) is 0 Å². The summed E-state index contributed by atoms with van der Waals surface area (Å²) in [6.45, 7) is 2.24. The molecule has 0 N–H and O–H groups in total. The van der Waals surface area contributed by atoms with Gasteiger partial charge in [0.05, 0.1) is 0 Å². The van der Waals surface area contributed by atoms with Crippen LogP contribution in [0.1, 0.15) is 84.0 Å². The third-order valence-electron chi connectivity index (χ3n) is 3.14. The molecule has 0 aliphatic heterocycles. The molecule has 0 fully saturated rings. The fraction of sp³-hybridized carbons (Fsp3) is 0.812. The summed E-state index contributed by atoms with van der Waals surface area (Å²) in [5.41, 5.74) is 0. The number of aliphatic carboxylic acids is 1. The molecule has 0 spiro atoms. The van der Waals surface area contributed by atoms with Crippen molar-refractivity contribution in [2.24, 2.45) is 0 Å². The standard InChI is InChI=1S/C16H30O2.Na/c1-2-3-4-5-6-7-8-9-10-11-12-13-14-15-16(17)18;/h7-8H,2-6,9-15H2,1H3,(H,17,18);/q;+1/p-1. The SMILES string of the molecule is CCCCCCC=CCCCCCCCC(=O)[O-].[Na+]. The van der Waals surface area contributed by atoms with E-state index in [9.17, 15) is 9.90 Å². The number of carboxylic acid groups (broad SMARTS) is 1. The number of hydrogen-bond acceptors (Lipinski definition) is 2. The van der Waals surface area contributed by atoms with E-state index in [-0.39, 0.29) is 36.0 Å². The Morgan fingerprint density at radius 2 is 1.32 bits per heavy atom. The van der Waals surface area contributed by atoms with E-state index in [0.29, 0.717) is 0 Å². The summed E-state index contributed by atoms with van der Waals surface area (Å²) in [6, 6.07) is 0. The van der Waals surface area contributed by atoms with E-state index in [1.54, 1.807) is 0 Å². The molecule has 0 aliphatic rings. The van der Waals surface area contributed by atoms with Crippen LogP contribution in [0.3, 0.4) is 0 Å². The van der Waals surface area contributed by atoms with Gasteiger partial charge in [0.15, 0.2) is 0 Å². The molecule has 0 saturated carbocycles. The molecule has 0 saturated heterocycles. The smallest absolute Gasteiger partial charge is 0.550 e. The number of unbranched alkanes of at least 4 members (excludes halogenated alkanes) is 9. The Morgan fingerprint density at radius 3 is 1.84 bits per heavy atom. The molecule has 0 aromatic heterocycles. The Bertz CT molecular complexity index is 215. The van der Waals surface area contributed by atoms with Gasteiger partial charge in [-0.1, -0.05) is 57.6 Å². The Hall–Kier alpha value is 0.210. The van der Waals surface area contributed by atoms with Crippen LogP contribution in [0.15, 0.2) is 12.2 Å². The van der Waals surface area contributed by atoms with E-state index in [2.05, 4.69) is 19.1 Å². The third-order valence-corrected chi connectivity index (χ3v) is 3.14. The summed E-state index contributed by atoms with van der Waals surface area (Å²) >= 11 is 0. The zero-order chi connectivity index (χ0) is 13.5. The molecule has 0 unspecified atom stereocenters. The van der Waals surface area contributed by atoms with Crippen LogP contribution in [0.4, 0.5) is 0 Å². The maximum Gasteiger partial charge on any atom is 1.00 e. The van der Waals surface area contributed by atoms with Crippen LogP contribution in [0.5, 0.6) is 0 Å². The second kappa shape index (κ2) is 18.2. The average molecular weight is 276 g/mol. The summed E-state index contributed by atoms with van der Waals surface area (Å²) in [5.74, 6) is -0.916. The van der Waals surface area contributed by atoms with Crippen LogP contribution in [0, 0.1) is 0 Å². The fourth-order valence-corrected chi connectivity index (χ4v) is 1.99. The van der Waals surface area contributed by atoms with Crippen molar-refractivity contribution in [3.8, 4) is 0 Å². The molecule has 0 aliphatic carbocycles. The van der Waals surface area contributed by atoms with Crippen molar-refractivity contribution in [2.45, 2.75) is 84.0 Å². The van der Waals surface area contributed by atoms with Gasteiger partial charge >= 0.3 is 29.6 Å². The first kappa shape index (κ1) is 21.5. The molecule has 0 rings (SSSR count). The van der Waals surface area contributed by atoms with E-state index in [1.807, 2.05) is 0 Å². The van der Waals surface area contributed by atoms with E-state index in [4.69, 9.17) is 0 Å². The Morgan fingerprint density at radius 1 is 0.842 bits per heavy atom. The van der Waals surface area contributed by atoms with Gasteiger partial charge < -0.3 is 9.90 Å². The summed E-state index contributed by atoms with van der Waals surface area (Å²) in [7, 11) is 0. The first-order valence-electron chi connectivity index (χ1n) is 7.62. The second-order valence-corrected chi connectivity index (χ2v) is 5.00. The van der Waals surface area contributed by atoms with E-state index < -0.39 is 5.97 Å². The largest absolute Gasteiger partial charge is 1.00 e. The van der Waals surface area contributed by atoms with E-state index in [0.717, 1.165) is 19.3 Å². The van der Waals surface area contributed by atoms with Crippen molar-refractivity contribution in [1.82, 2.24) is 0 Å². The molecular weight excluding hydrogens is 247 g/mol. The van der Waals surface area contributed by atoms with E-state index in [1.165, 1.54) is 51.4 Å². The topological polar surface area (TPSA) is 40.1 Å². The van der Waals surface area contributed by atoms with Crippen molar-refractivity contribution in [1.29, 1.82) is 0 Å². The molecule has 0 atom stereocenters. The molecule has 0 aromatic carbocycles. The normalized spacial score (nSPS) is 10.6. The molecular formula is C16H29NaO2. The van der Waals surface area contributed by atoms with Crippen molar-refractivity contribution in [3.05, 3.63) is 12.2 Å². The third kappa shape index (κ3) is 20.7. The van der Waals surface area contributed by atoms with Crippen LogP contribution in [0.2, 0.25) is 0 Å². The maximum absolute atomic E-state index is 10.2. The predicted molar refractivity (Wildman–Crippen MR) is 75.2 cm³/mol. The van der Waals surface area contributed by atoms with Crippen molar-refractivity contribution in [3.63, 3.8) is 0 Å². The van der Waals surface area contributed by atoms with Gasteiger partial charge in [0, 0.05) is 5.97 Å². The van der Waals surface area contributed by atoms with Gasteiger partial charge in [0.25, 0.3) is 0 Å².